The quantitative estimate of drug-likeness (QED) is 0.845. The predicted octanol–water partition coefficient (Wildman–Crippen LogP) is 0.971. The molecule has 0 spiro atoms. The van der Waals surface area contributed by atoms with E-state index in [4.69, 9.17) is 9.47 Å². The maximum absolute atomic E-state index is 13.9. The number of benzene rings is 1. The zero-order valence-electron chi connectivity index (χ0n) is 12.5. The summed E-state index contributed by atoms with van der Waals surface area (Å²) in [5.74, 6) is -0.0969. The summed E-state index contributed by atoms with van der Waals surface area (Å²) < 4.78 is 27.3. The number of rotatable bonds is 3. The highest BCUT2D eigenvalue weighted by Crippen LogP contribution is 2.27. The van der Waals surface area contributed by atoms with Crippen LogP contribution in [0.4, 0.5) is 4.39 Å². The van der Waals surface area contributed by atoms with Crippen LogP contribution in [-0.2, 0) is 11.8 Å². The van der Waals surface area contributed by atoms with Crippen LogP contribution >= 0.6 is 0 Å². The fourth-order valence-electron chi connectivity index (χ4n) is 2.35. The molecule has 2 heterocycles. The molecule has 0 atom stereocenters. The Hall–Kier alpha value is -2.22. The molecule has 0 bridgehead atoms. The van der Waals surface area contributed by atoms with Gasteiger partial charge in [0.15, 0.2) is 0 Å². The van der Waals surface area contributed by atoms with Crippen molar-refractivity contribution in [3.05, 3.63) is 34.0 Å². The summed E-state index contributed by atoms with van der Waals surface area (Å²) in [6.07, 6.45) is 1.39. The monoisotopic (exact) mass is 308 g/mol. The average Bonchev–Trinajstić information content (AvgIpc) is 2.84. The van der Waals surface area contributed by atoms with Crippen LogP contribution in [-0.4, -0.2) is 39.1 Å². The molecule has 1 aromatic carbocycles. The number of halogens is 1. The van der Waals surface area contributed by atoms with E-state index < -0.39 is 5.69 Å². The molecule has 3 rings (SSSR count). The Bertz CT molecular complexity index is 734. The van der Waals surface area contributed by atoms with Gasteiger partial charge in [-0.25, -0.2) is 9.18 Å². The highest BCUT2D eigenvalue weighted by Gasteiger charge is 2.20. The predicted molar refractivity (Wildman–Crippen MR) is 75.8 cm³/mol. The van der Waals surface area contributed by atoms with Crippen molar-refractivity contribution in [2.24, 2.45) is 7.05 Å². The van der Waals surface area contributed by atoms with Crippen LogP contribution in [0.25, 0.3) is 5.69 Å². The number of hydrogen-bond donors (Lipinski definition) is 0. The SMILES string of the molecule is Cc1cc(-n2nnn(C)c2=O)c(OC2CCOCC2)cc1F. The van der Waals surface area contributed by atoms with Crippen molar-refractivity contribution < 1.29 is 13.9 Å². The molecule has 1 aliphatic rings. The second-order valence-electron chi connectivity index (χ2n) is 5.30. The van der Waals surface area contributed by atoms with Gasteiger partial charge in [-0.3, -0.25) is 0 Å². The van der Waals surface area contributed by atoms with Crippen LogP contribution in [0.15, 0.2) is 16.9 Å². The van der Waals surface area contributed by atoms with Gasteiger partial charge in [0, 0.05) is 26.0 Å². The third kappa shape index (κ3) is 2.74. The van der Waals surface area contributed by atoms with E-state index in [1.165, 1.54) is 13.1 Å². The number of tetrazole rings is 1. The van der Waals surface area contributed by atoms with E-state index in [0.717, 1.165) is 22.2 Å². The smallest absolute Gasteiger partial charge is 0.368 e. The molecule has 8 heteroatoms. The zero-order valence-corrected chi connectivity index (χ0v) is 12.5. The van der Waals surface area contributed by atoms with Crippen LogP contribution in [0.2, 0.25) is 0 Å². The Balaban J connectivity index is 2.02. The normalized spacial score (nSPS) is 16.0. The minimum atomic E-state index is -0.414. The number of nitrogens with zero attached hydrogens (tertiary/aromatic N) is 4. The van der Waals surface area contributed by atoms with Gasteiger partial charge in [-0.05, 0) is 29.0 Å². The molecule has 1 aliphatic heterocycles. The minimum Gasteiger partial charge on any atom is -0.488 e. The van der Waals surface area contributed by atoms with Crippen LogP contribution in [0.1, 0.15) is 18.4 Å². The molecule has 0 saturated carbocycles. The first-order chi connectivity index (χ1) is 10.6. The Morgan fingerprint density at radius 1 is 1.32 bits per heavy atom. The molecule has 0 N–H and O–H groups in total. The molecule has 1 fully saturated rings. The molecule has 0 amide bonds. The van der Waals surface area contributed by atoms with E-state index in [0.29, 0.717) is 24.5 Å². The standard InChI is InChI=1S/C14H17FN4O3/c1-9-7-12(19-14(20)18(2)16-17-19)13(8-11(9)15)22-10-3-5-21-6-4-10/h7-8,10H,3-6H2,1-2H3. The van der Waals surface area contributed by atoms with Gasteiger partial charge in [0.05, 0.1) is 13.2 Å². The summed E-state index contributed by atoms with van der Waals surface area (Å²) in [4.78, 5) is 12.0. The number of hydrogen-bond acceptors (Lipinski definition) is 5. The van der Waals surface area contributed by atoms with Crippen LogP contribution in [0.5, 0.6) is 5.75 Å². The summed E-state index contributed by atoms with van der Waals surface area (Å²) in [6, 6.07) is 2.83. The van der Waals surface area contributed by atoms with E-state index in [9.17, 15) is 9.18 Å². The topological polar surface area (TPSA) is 71.2 Å². The molecule has 0 radical (unpaired) electrons. The van der Waals surface area contributed by atoms with Gasteiger partial charge in [-0.15, -0.1) is 0 Å². The number of aryl methyl sites for hydroxylation is 2. The summed E-state index contributed by atoms with van der Waals surface area (Å²) in [5.41, 5.74) is 0.387. The van der Waals surface area contributed by atoms with Gasteiger partial charge in [0.2, 0.25) is 0 Å². The molecule has 0 aliphatic carbocycles. The van der Waals surface area contributed by atoms with Gasteiger partial charge in [-0.1, -0.05) is 0 Å². The molecule has 1 aromatic heterocycles. The molecular formula is C14H17FN4O3. The summed E-state index contributed by atoms with van der Waals surface area (Å²) >= 11 is 0. The van der Waals surface area contributed by atoms with Crippen molar-refractivity contribution in [1.82, 2.24) is 19.8 Å². The highest BCUT2D eigenvalue weighted by molar-refractivity contribution is 5.48. The second-order valence-corrected chi connectivity index (χ2v) is 5.30. The van der Waals surface area contributed by atoms with E-state index in [1.54, 1.807) is 13.0 Å². The Morgan fingerprint density at radius 3 is 2.68 bits per heavy atom. The summed E-state index contributed by atoms with van der Waals surface area (Å²) in [6.45, 7) is 2.84. The lowest BCUT2D eigenvalue weighted by molar-refractivity contribution is 0.0254. The third-order valence-electron chi connectivity index (χ3n) is 3.65. The third-order valence-corrected chi connectivity index (χ3v) is 3.65. The fraction of sp³-hybridized carbons (Fsp3) is 0.500. The largest absolute Gasteiger partial charge is 0.488 e. The van der Waals surface area contributed by atoms with Gasteiger partial charge in [-0.2, -0.15) is 9.36 Å². The lowest BCUT2D eigenvalue weighted by atomic mass is 10.1. The molecule has 22 heavy (non-hydrogen) atoms. The van der Waals surface area contributed by atoms with Crippen molar-refractivity contribution >= 4 is 0 Å². The first-order valence-corrected chi connectivity index (χ1v) is 7.10. The average molecular weight is 308 g/mol. The van der Waals surface area contributed by atoms with Crippen molar-refractivity contribution in [3.63, 3.8) is 0 Å². The lowest BCUT2D eigenvalue weighted by Crippen LogP contribution is -2.27. The van der Waals surface area contributed by atoms with Gasteiger partial charge >= 0.3 is 5.69 Å². The van der Waals surface area contributed by atoms with Crippen molar-refractivity contribution in [2.45, 2.75) is 25.9 Å². The van der Waals surface area contributed by atoms with E-state index in [2.05, 4.69) is 10.4 Å². The number of aromatic nitrogens is 4. The van der Waals surface area contributed by atoms with E-state index >= 15 is 0 Å². The van der Waals surface area contributed by atoms with Crippen LogP contribution < -0.4 is 10.4 Å². The molecule has 2 aromatic rings. The van der Waals surface area contributed by atoms with Crippen molar-refractivity contribution in [3.8, 4) is 11.4 Å². The number of ether oxygens (including phenoxy) is 2. The Labute approximate surface area is 126 Å². The fourth-order valence-corrected chi connectivity index (χ4v) is 2.35. The molecule has 0 unspecified atom stereocenters. The summed E-state index contributed by atoms with van der Waals surface area (Å²) in [7, 11) is 1.50. The highest BCUT2D eigenvalue weighted by atomic mass is 19.1. The molecule has 118 valence electrons. The van der Waals surface area contributed by atoms with Gasteiger partial charge in [0.25, 0.3) is 0 Å². The lowest BCUT2D eigenvalue weighted by Gasteiger charge is -2.24. The van der Waals surface area contributed by atoms with Gasteiger partial charge in [0.1, 0.15) is 23.4 Å². The maximum atomic E-state index is 13.9. The van der Waals surface area contributed by atoms with Crippen LogP contribution in [0.3, 0.4) is 0 Å². The summed E-state index contributed by atoms with van der Waals surface area (Å²) in [5, 5.41) is 7.48. The van der Waals surface area contributed by atoms with Crippen molar-refractivity contribution in [2.75, 3.05) is 13.2 Å². The second kappa shape index (κ2) is 5.88. The maximum Gasteiger partial charge on any atom is 0.368 e. The minimum absolute atomic E-state index is 0.0676. The van der Waals surface area contributed by atoms with Crippen molar-refractivity contribution in [1.29, 1.82) is 0 Å². The first kappa shape index (κ1) is 14.7. The zero-order chi connectivity index (χ0) is 15.7. The molecular weight excluding hydrogens is 291 g/mol. The molecule has 1 saturated heterocycles. The van der Waals surface area contributed by atoms with E-state index in [1.807, 2.05) is 0 Å². The first-order valence-electron chi connectivity index (χ1n) is 7.10. The van der Waals surface area contributed by atoms with E-state index in [-0.39, 0.29) is 17.7 Å². The Kier molecular flexibility index (Phi) is 3.93. The Morgan fingerprint density at radius 2 is 2.05 bits per heavy atom. The van der Waals surface area contributed by atoms with Gasteiger partial charge < -0.3 is 9.47 Å². The molecule has 7 nitrogen and oxygen atoms in total. The van der Waals surface area contributed by atoms with Crippen LogP contribution in [0, 0.1) is 12.7 Å².